The van der Waals surface area contributed by atoms with Gasteiger partial charge in [0.15, 0.2) is 6.10 Å². The Morgan fingerprint density at radius 3 is 2.57 bits per heavy atom. The molecule has 0 fully saturated rings. The van der Waals surface area contributed by atoms with Crippen molar-refractivity contribution in [2.45, 2.75) is 32.9 Å². The SMILES string of the molecule is CC(C)N=c1ccccn1C(=O)[C@@H](C)Oc1ccccc1C#N. The molecular formula is C18H19N3O2. The van der Waals surface area contributed by atoms with Crippen molar-refractivity contribution in [2.24, 2.45) is 4.99 Å². The fourth-order valence-electron chi connectivity index (χ4n) is 2.09. The molecule has 0 bridgehead atoms. The zero-order chi connectivity index (χ0) is 16.8. The van der Waals surface area contributed by atoms with E-state index in [9.17, 15) is 4.79 Å². The van der Waals surface area contributed by atoms with Crippen molar-refractivity contribution < 1.29 is 9.53 Å². The van der Waals surface area contributed by atoms with E-state index >= 15 is 0 Å². The number of hydrogen-bond donors (Lipinski definition) is 0. The summed E-state index contributed by atoms with van der Waals surface area (Å²) in [5.41, 5.74) is 0.980. The molecule has 1 atom stereocenters. The van der Waals surface area contributed by atoms with Crippen LogP contribution in [0.5, 0.6) is 5.75 Å². The molecule has 0 amide bonds. The first-order valence-electron chi connectivity index (χ1n) is 7.44. The minimum atomic E-state index is -0.738. The molecule has 0 radical (unpaired) electrons. The molecule has 0 aliphatic heterocycles. The van der Waals surface area contributed by atoms with E-state index in [0.29, 0.717) is 16.8 Å². The highest BCUT2D eigenvalue weighted by Crippen LogP contribution is 2.18. The van der Waals surface area contributed by atoms with Crippen LogP contribution in [0.1, 0.15) is 31.1 Å². The van der Waals surface area contributed by atoms with Crippen LogP contribution in [0.25, 0.3) is 0 Å². The number of pyridine rings is 1. The Kier molecular flexibility index (Phi) is 5.32. The molecule has 2 rings (SSSR count). The van der Waals surface area contributed by atoms with Gasteiger partial charge >= 0.3 is 0 Å². The van der Waals surface area contributed by atoms with E-state index in [1.165, 1.54) is 4.57 Å². The Balaban J connectivity index is 2.30. The van der Waals surface area contributed by atoms with E-state index in [4.69, 9.17) is 10.00 Å². The van der Waals surface area contributed by atoms with Gasteiger partial charge in [0.2, 0.25) is 0 Å². The lowest BCUT2D eigenvalue weighted by atomic mass is 10.2. The van der Waals surface area contributed by atoms with Crippen LogP contribution in [0.2, 0.25) is 0 Å². The Hall–Kier alpha value is -2.87. The van der Waals surface area contributed by atoms with Gasteiger partial charge in [-0.05, 0) is 45.0 Å². The second kappa shape index (κ2) is 7.41. The molecule has 1 heterocycles. The van der Waals surface area contributed by atoms with E-state index in [1.54, 1.807) is 49.5 Å². The molecule has 0 aliphatic rings. The first-order valence-corrected chi connectivity index (χ1v) is 7.44. The molecule has 0 spiro atoms. The molecule has 1 aromatic heterocycles. The standard InChI is InChI=1S/C18H19N3O2/c1-13(2)20-17-10-6-7-11-21(17)18(22)14(3)23-16-9-5-4-8-15(16)12-19/h4-11,13-14H,1-3H3/t14-/m1/s1. The van der Waals surface area contributed by atoms with E-state index in [0.717, 1.165) is 0 Å². The fourth-order valence-corrected chi connectivity index (χ4v) is 2.09. The molecule has 0 saturated carbocycles. The van der Waals surface area contributed by atoms with Crippen LogP contribution in [-0.2, 0) is 0 Å². The quantitative estimate of drug-likeness (QED) is 0.872. The maximum atomic E-state index is 12.6. The van der Waals surface area contributed by atoms with E-state index in [-0.39, 0.29) is 11.9 Å². The van der Waals surface area contributed by atoms with Crippen LogP contribution in [0.4, 0.5) is 0 Å². The lowest BCUT2D eigenvalue weighted by Crippen LogP contribution is -2.36. The van der Waals surface area contributed by atoms with Gasteiger partial charge in [0.25, 0.3) is 5.91 Å². The zero-order valence-electron chi connectivity index (χ0n) is 13.4. The van der Waals surface area contributed by atoms with Gasteiger partial charge < -0.3 is 4.74 Å². The Morgan fingerprint density at radius 1 is 1.17 bits per heavy atom. The first kappa shape index (κ1) is 16.5. The van der Waals surface area contributed by atoms with E-state index < -0.39 is 6.10 Å². The second-order valence-corrected chi connectivity index (χ2v) is 5.36. The lowest BCUT2D eigenvalue weighted by molar-refractivity contribution is 0.0721. The van der Waals surface area contributed by atoms with E-state index in [2.05, 4.69) is 11.1 Å². The first-order chi connectivity index (χ1) is 11.0. The summed E-state index contributed by atoms with van der Waals surface area (Å²) in [7, 11) is 0. The summed E-state index contributed by atoms with van der Waals surface area (Å²) in [6.45, 7) is 5.56. The minimum absolute atomic E-state index is 0.0759. The van der Waals surface area contributed by atoms with Crippen LogP contribution >= 0.6 is 0 Å². The molecule has 0 saturated heterocycles. The largest absolute Gasteiger partial charge is 0.479 e. The smallest absolute Gasteiger partial charge is 0.272 e. The Labute approximate surface area is 135 Å². The number of rotatable bonds is 4. The van der Waals surface area contributed by atoms with Gasteiger partial charge in [-0.25, -0.2) is 0 Å². The van der Waals surface area contributed by atoms with Crippen molar-refractivity contribution in [2.75, 3.05) is 0 Å². The highest BCUT2D eigenvalue weighted by Gasteiger charge is 2.18. The van der Waals surface area contributed by atoms with Crippen molar-refractivity contribution in [3.05, 3.63) is 59.7 Å². The van der Waals surface area contributed by atoms with Crippen molar-refractivity contribution in [1.82, 2.24) is 4.57 Å². The number of aromatic nitrogens is 1. The van der Waals surface area contributed by atoms with Crippen molar-refractivity contribution in [1.29, 1.82) is 5.26 Å². The normalized spacial score (nSPS) is 12.7. The van der Waals surface area contributed by atoms with Gasteiger partial charge in [0, 0.05) is 12.2 Å². The predicted octanol–water partition coefficient (Wildman–Crippen LogP) is 2.78. The molecule has 0 unspecified atom stereocenters. The topological polar surface area (TPSA) is 67.4 Å². The van der Waals surface area contributed by atoms with Gasteiger partial charge in [-0.15, -0.1) is 0 Å². The predicted molar refractivity (Wildman–Crippen MR) is 87.0 cm³/mol. The summed E-state index contributed by atoms with van der Waals surface area (Å²) in [4.78, 5) is 17.1. The summed E-state index contributed by atoms with van der Waals surface area (Å²) >= 11 is 0. The lowest BCUT2D eigenvalue weighted by Gasteiger charge is -2.16. The van der Waals surface area contributed by atoms with Gasteiger partial charge in [-0.1, -0.05) is 18.2 Å². The summed E-state index contributed by atoms with van der Waals surface area (Å²) in [6, 6.07) is 14.4. The van der Waals surface area contributed by atoms with Gasteiger partial charge in [-0.2, -0.15) is 5.26 Å². The number of carbonyl (C=O) groups is 1. The molecule has 0 N–H and O–H groups in total. The summed E-state index contributed by atoms with van der Waals surface area (Å²) in [5.74, 6) is 0.160. The maximum Gasteiger partial charge on any atom is 0.272 e. The van der Waals surface area contributed by atoms with E-state index in [1.807, 2.05) is 19.9 Å². The third-order valence-corrected chi connectivity index (χ3v) is 3.13. The van der Waals surface area contributed by atoms with Crippen molar-refractivity contribution >= 4 is 5.91 Å². The fraction of sp³-hybridized carbons (Fsp3) is 0.278. The molecule has 1 aromatic carbocycles. The Bertz CT molecular complexity index is 800. The maximum absolute atomic E-state index is 12.6. The number of hydrogen-bond acceptors (Lipinski definition) is 4. The number of carbonyl (C=O) groups excluding carboxylic acids is 1. The molecule has 5 heteroatoms. The molecule has 23 heavy (non-hydrogen) atoms. The summed E-state index contributed by atoms with van der Waals surface area (Å²) in [6.07, 6.45) is 0.928. The highest BCUT2D eigenvalue weighted by molar-refractivity contribution is 5.83. The van der Waals surface area contributed by atoms with Gasteiger partial charge in [0.1, 0.15) is 17.3 Å². The molecule has 0 aliphatic carbocycles. The van der Waals surface area contributed by atoms with Crippen LogP contribution in [-0.4, -0.2) is 22.6 Å². The number of nitriles is 1. The number of nitrogens with zero attached hydrogens (tertiary/aromatic N) is 3. The van der Waals surface area contributed by atoms with Crippen molar-refractivity contribution in [3.63, 3.8) is 0 Å². The molecule has 5 nitrogen and oxygen atoms in total. The average molecular weight is 309 g/mol. The Morgan fingerprint density at radius 2 is 1.87 bits per heavy atom. The molecule has 2 aromatic rings. The van der Waals surface area contributed by atoms with Crippen LogP contribution < -0.4 is 10.2 Å². The minimum Gasteiger partial charge on any atom is -0.479 e. The van der Waals surface area contributed by atoms with Gasteiger partial charge in [-0.3, -0.25) is 14.4 Å². The average Bonchev–Trinajstić information content (AvgIpc) is 2.54. The molecular weight excluding hydrogens is 290 g/mol. The number of benzene rings is 1. The summed E-state index contributed by atoms with van der Waals surface area (Å²) in [5, 5.41) is 9.10. The van der Waals surface area contributed by atoms with Crippen LogP contribution in [0.3, 0.4) is 0 Å². The highest BCUT2D eigenvalue weighted by atomic mass is 16.5. The molecule has 118 valence electrons. The monoisotopic (exact) mass is 309 g/mol. The van der Waals surface area contributed by atoms with Crippen LogP contribution in [0, 0.1) is 11.3 Å². The second-order valence-electron chi connectivity index (χ2n) is 5.36. The third kappa shape index (κ3) is 4.07. The van der Waals surface area contributed by atoms with Crippen molar-refractivity contribution in [3.8, 4) is 11.8 Å². The summed E-state index contributed by atoms with van der Waals surface area (Å²) < 4.78 is 7.15. The van der Waals surface area contributed by atoms with Gasteiger partial charge in [0.05, 0.1) is 5.56 Å². The van der Waals surface area contributed by atoms with Crippen LogP contribution in [0.15, 0.2) is 53.7 Å². The zero-order valence-corrected chi connectivity index (χ0v) is 13.4. The number of para-hydroxylation sites is 1. The number of ether oxygens (including phenoxy) is 1. The third-order valence-electron chi connectivity index (χ3n) is 3.13.